The number of hydrogen-bond acceptors (Lipinski definition) is 2. The molecule has 0 aliphatic heterocycles. The van der Waals surface area contributed by atoms with Crippen LogP contribution in [0.5, 0.6) is 0 Å². The molecular formula is C19H20Cl2N2O2. The first-order valence-corrected chi connectivity index (χ1v) is 8.56. The fourth-order valence-electron chi connectivity index (χ4n) is 2.00. The zero-order valence-corrected chi connectivity index (χ0v) is 15.8. The first kappa shape index (κ1) is 19.3. The molecule has 0 spiro atoms. The van der Waals surface area contributed by atoms with E-state index in [0.717, 1.165) is 5.56 Å². The number of amides is 2. The van der Waals surface area contributed by atoms with Crippen LogP contribution in [0, 0.1) is 5.41 Å². The quantitative estimate of drug-likeness (QED) is 0.793. The standard InChI is InChI=1S/C19H20Cl2N2O2/c1-19(2,3)18(25)23-15-6-4-5-12(9-15)17(24)22-11-13-7-8-14(20)10-16(13)21/h4-10H,11H2,1-3H3,(H,22,24)(H,23,25). The van der Waals surface area contributed by atoms with Gasteiger partial charge >= 0.3 is 0 Å². The minimum atomic E-state index is -0.510. The number of anilines is 1. The summed E-state index contributed by atoms with van der Waals surface area (Å²) >= 11 is 12.0. The highest BCUT2D eigenvalue weighted by Gasteiger charge is 2.21. The summed E-state index contributed by atoms with van der Waals surface area (Å²) in [6.07, 6.45) is 0. The lowest BCUT2D eigenvalue weighted by molar-refractivity contribution is -0.123. The Morgan fingerprint density at radius 2 is 1.76 bits per heavy atom. The van der Waals surface area contributed by atoms with Crippen molar-refractivity contribution in [3.05, 3.63) is 63.6 Å². The van der Waals surface area contributed by atoms with Crippen molar-refractivity contribution in [3.63, 3.8) is 0 Å². The molecule has 0 fully saturated rings. The first-order chi connectivity index (χ1) is 11.7. The molecule has 0 saturated heterocycles. The van der Waals surface area contributed by atoms with Gasteiger partial charge < -0.3 is 10.6 Å². The second-order valence-corrected chi connectivity index (χ2v) is 7.55. The number of carbonyl (C=O) groups is 2. The molecule has 0 radical (unpaired) electrons. The zero-order valence-electron chi connectivity index (χ0n) is 14.3. The summed E-state index contributed by atoms with van der Waals surface area (Å²) in [5.74, 6) is -0.365. The molecule has 0 aliphatic carbocycles. The van der Waals surface area contributed by atoms with E-state index >= 15 is 0 Å². The van der Waals surface area contributed by atoms with E-state index in [9.17, 15) is 9.59 Å². The van der Waals surface area contributed by atoms with Crippen molar-refractivity contribution in [1.82, 2.24) is 5.32 Å². The van der Waals surface area contributed by atoms with Gasteiger partial charge in [-0.25, -0.2) is 0 Å². The van der Waals surface area contributed by atoms with Crippen LogP contribution in [0.25, 0.3) is 0 Å². The first-order valence-electron chi connectivity index (χ1n) is 7.80. The Bertz CT molecular complexity index is 798. The number of rotatable bonds is 4. The van der Waals surface area contributed by atoms with Gasteiger partial charge in [0.2, 0.25) is 5.91 Å². The Labute approximate surface area is 157 Å². The van der Waals surface area contributed by atoms with Crippen LogP contribution in [0.15, 0.2) is 42.5 Å². The topological polar surface area (TPSA) is 58.2 Å². The summed E-state index contributed by atoms with van der Waals surface area (Å²) < 4.78 is 0. The van der Waals surface area contributed by atoms with Crippen molar-refractivity contribution >= 4 is 40.7 Å². The molecule has 6 heteroatoms. The van der Waals surface area contributed by atoms with Gasteiger partial charge in [-0.2, -0.15) is 0 Å². The molecule has 0 aromatic heterocycles. The second-order valence-electron chi connectivity index (χ2n) is 6.70. The van der Waals surface area contributed by atoms with Crippen molar-refractivity contribution in [3.8, 4) is 0 Å². The molecule has 2 amide bonds. The molecular weight excluding hydrogens is 359 g/mol. The van der Waals surface area contributed by atoms with E-state index in [2.05, 4.69) is 10.6 Å². The fraction of sp³-hybridized carbons (Fsp3) is 0.263. The summed E-state index contributed by atoms with van der Waals surface area (Å²) in [5.41, 5.74) is 1.30. The third-order valence-corrected chi connectivity index (χ3v) is 4.11. The van der Waals surface area contributed by atoms with Crippen LogP contribution in [0.3, 0.4) is 0 Å². The molecule has 0 unspecified atom stereocenters. The van der Waals surface area contributed by atoms with Crippen LogP contribution in [-0.2, 0) is 11.3 Å². The Balaban J connectivity index is 2.04. The van der Waals surface area contributed by atoms with E-state index in [0.29, 0.717) is 21.3 Å². The van der Waals surface area contributed by atoms with Gasteiger partial charge in [0.05, 0.1) is 0 Å². The lowest BCUT2D eigenvalue weighted by Gasteiger charge is -2.18. The van der Waals surface area contributed by atoms with Crippen molar-refractivity contribution in [1.29, 1.82) is 0 Å². The Morgan fingerprint density at radius 1 is 1.04 bits per heavy atom. The minimum absolute atomic E-state index is 0.113. The summed E-state index contributed by atoms with van der Waals surface area (Å²) in [4.78, 5) is 24.4. The van der Waals surface area contributed by atoms with Crippen LogP contribution in [0.4, 0.5) is 5.69 Å². The van der Waals surface area contributed by atoms with E-state index in [1.54, 1.807) is 42.5 Å². The van der Waals surface area contributed by atoms with E-state index < -0.39 is 5.41 Å². The molecule has 2 rings (SSSR count). The summed E-state index contributed by atoms with van der Waals surface area (Å²) in [6, 6.07) is 11.9. The van der Waals surface area contributed by atoms with Gasteiger partial charge in [0, 0.05) is 33.3 Å². The number of halogens is 2. The van der Waals surface area contributed by atoms with E-state index in [-0.39, 0.29) is 18.4 Å². The smallest absolute Gasteiger partial charge is 0.251 e. The lowest BCUT2D eigenvalue weighted by Crippen LogP contribution is -2.28. The van der Waals surface area contributed by atoms with E-state index in [1.165, 1.54) is 0 Å². The van der Waals surface area contributed by atoms with Gasteiger partial charge in [-0.15, -0.1) is 0 Å². The third kappa shape index (κ3) is 5.48. The molecule has 4 nitrogen and oxygen atoms in total. The van der Waals surface area contributed by atoms with Crippen LogP contribution < -0.4 is 10.6 Å². The SMILES string of the molecule is CC(C)(C)C(=O)Nc1cccc(C(=O)NCc2ccc(Cl)cc2Cl)c1. The normalized spacial score (nSPS) is 11.1. The van der Waals surface area contributed by atoms with Gasteiger partial charge in [0.25, 0.3) is 5.91 Å². The van der Waals surface area contributed by atoms with E-state index in [1.807, 2.05) is 20.8 Å². The molecule has 0 bridgehead atoms. The Kier molecular flexibility index (Phi) is 6.09. The molecule has 0 saturated carbocycles. The fourth-order valence-corrected chi connectivity index (χ4v) is 2.47. The summed E-state index contributed by atoms with van der Waals surface area (Å²) in [7, 11) is 0. The molecule has 0 heterocycles. The van der Waals surface area contributed by atoms with Gasteiger partial charge in [-0.05, 0) is 35.9 Å². The van der Waals surface area contributed by atoms with Crippen molar-refractivity contribution in [2.24, 2.45) is 5.41 Å². The van der Waals surface area contributed by atoms with Crippen LogP contribution in [0.2, 0.25) is 10.0 Å². The summed E-state index contributed by atoms with van der Waals surface area (Å²) in [6.45, 7) is 5.77. The molecule has 2 aromatic rings. The molecule has 2 N–H and O–H groups in total. The summed E-state index contributed by atoms with van der Waals surface area (Å²) in [5, 5.41) is 6.66. The predicted octanol–water partition coefficient (Wildman–Crippen LogP) is 4.91. The highest BCUT2D eigenvalue weighted by Crippen LogP contribution is 2.21. The number of carbonyl (C=O) groups excluding carboxylic acids is 2. The maximum atomic E-state index is 12.3. The van der Waals surface area contributed by atoms with E-state index in [4.69, 9.17) is 23.2 Å². The van der Waals surface area contributed by atoms with Crippen LogP contribution in [-0.4, -0.2) is 11.8 Å². The number of hydrogen-bond donors (Lipinski definition) is 2. The average Bonchev–Trinajstić information content (AvgIpc) is 2.53. The maximum absolute atomic E-state index is 12.3. The van der Waals surface area contributed by atoms with Crippen molar-refractivity contribution < 1.29 is 9.59 Å². The third-order valence-electron chi connectivity index (χ3n) is 3.52. The monoisotopic (exact) mass is 378 g/mol. The Morgan fingerprint density at radius 3 is 2.40 bits per heavy atom. The van der Waals surface area contributed by atoms with Crippen molar-refractivity contribution in [2.75, 3.05) is 5.32 Å². The van der Waals surface area contributed by atoms with Gasteiger partial charge in [-0.3, -0.25) is 9.59 Å². The van der Waals surface area contributed by atoms with Gasteiger partial charge in [0.1, 0.15) is 0 Å². The van der Waals surface area contributed by atoms with Crippen LogP contribution >= 0.6 is 23.2 Å². The van der Waals surface area contributed by atoms with Gasteiger partial charge in [-0.1, -0.05) is 56.1 Å². The Hall–Kier alpha value is -2.04. The largest absolute Gasteiger partial charge is 0.348 e. The number of benzene rings is 2. The second kappa shape index (κ2) is 7.89. The molecule has 2 aromatic carbocycles. The highest BCUT2D eigenvalue weighted by atomic mass is 35.5. The predicted molar refractivity (Wildman–Crippen MR) is 102 cm³/mol. The zero-order chi connectivity index (χ0) is 18.6. The minimum Gasteiger partial charge on any atom is -0.348 e. The average molecular weight is 379 g/mol. The molecule has 25 heavy (non-hydrogen) atoms. The molecule has 132 valence electrons. The number of nitrogens with one attached hydrogen (secondary N) is 2. The lowest BCUT2D eigenvalue weighted by atomic mass is 9.95. The highest BCUT2D eigenvalue weighted by molar-refractivity contribution is 6.35. The molecule has 0 atom stereocenters. The molecule has 0 aliphatic rings. The van der Waals surface area contributed by atoms with Crippen LogP contribution in [0.1, 0.15) is 36.7 Å². The van der Waals surface area contributed by atoms with Gasteiger partial charge in [0.15, 0.2) is 0 Å². The van der Waals surface area contributed by atoms with Crippen molar-refractivity contribution in [2.45, 2.75) is 27.3 Å². The maximum Gasteiger partial charge on any atom is 0.251 e.